The minimum Gasteiger partial charge on any atom is -0.318 e. The molecule has 1 aliphatic rings. The summed E-state index contributed by atoms with van der Waals surface area (Å²) in [6.45, 7) is 3.11. The van der Waals surface area contributed by atoms with Gasteiger partial charge in [0.05, 0.1) is 0 Å². The first-order valence-electron chi connectivity index (χ1n) is 10.0. The van der Waals surface area contributed by atoms with E-state index in [2.05, 4.69) is 15.9 Å². The molecule has 2 heterocycles. The number of nitrogens with zero attached hydrogens (tertiary/aromatic N) is 3. The minimum atomic E-state index is -1.29. The molecule has 0 radical (unpaired) electrons. The Morgan fingerprint density at radius 1 is 1.09 bits per heavy atom. The van der Waals surface area contributed by atoms with Gasteiger partial charge in [-0.25, -0.2) is 14.2 Å². The highest BCUT2D eigenvalue weighted by Gasteiger charge is 2.52. The molecule has 1 aliphatic heterocycles. The average molecular weight is 435 g/mol. The summed E-state index contributed by atoms with van der Waals surface area (Å²) in [5, 5.41) is 7.09. The van der Waals surface area contributed by atoms with Crippen LogP contribution in [0.4, 0.5) is 4.79 Å². The van der Waals surface area contributed by atoms with Crippen LogP contribution in [-0.2, 0) is 21.7 Å². The van der Waals surface area contributed by atoms with Crippen LogP contribution in [0.15, 0.2) is 63.9 Å². The molecule has 1 fully saturated rings. The van der Waals surface area contributed by atoms with Crippen LogP contribution in [0, 0.1) is 6.92 Å². The monoisotopic (exact) mass is 435 g/mol. The zero-order valence-corrected chi connectivity index (χ0v) is 17.5. The zero-order valence-electron chi connectivity index (χ0n) is 17.5. The molecule has 10 heteroatoms. The second-order valence-corrected chi connectivity index (χ2v) is 7.40. The zero-order chi connectivity index (χ0) is 22.9. The van der Waals surface area contributed by atoms with Crippen LogP contribution >= 0.6 is 0 Å². The Kier molecular flexibility index (Phi) is 5.35. The van der Waals surface area contributed by atoms with Gasteiger partial charge in [-0.2, -0.15) is 5.01 Å². The van der Waals surface area contributed by atoms with E-state index in [9.17, 15) is 19.2 Å². The van der Waals surface area contributed by atoms with Gasteiger partial charge in [-0.3, -0.25) is 19.5 Å². The number of nitrogens with one attached hydrogen (secondary N) is 2. The van der Waals surface area contributed by atoms with Crippen molar-refractivity contribution >= 4 is 17.8 Å². The average Bonchev–Trinajstić information content (AvgIpc) is 3.27. The summed E-state index contributed by atoms with van der Waals surface area (Å²) >= 11 is 0. The third-order valence-electron chi connectivity index (χ3n) is 5.50. The van der Waals surface area contributed by atoms with E-state index >= 15 is 0 Å². The molecule has 1 unspecified atom stereocenters. The molecule has 3 aromatic rings. The normalized spacial score (nSPS) is 18.0. The molecule has 1 aromatic heterocycles. The second kappa shape index (κ2) is 8.14. The molecule has 10 nitrogen and oxygen atoms in total. The largest absolute Gasteiger partial charge is 0.442 e. The van der Waals surface area contributed by atoms with Crippen LogP contribution in [0.3, 0.4) is 0 Å². The van der Waals surface area contributed by atoms with Crippen LogP contribution < -0.4 is 16.5 Å². The lowest BCUT2D eigenvalue weighted by molar-refractivity contribution is -0.139. The molecule has 4 rings (SSSR count). The van der Waals surface area contributed by atoms with Crippen molar-refractivity contribution in [3.63, 3.8) is 0 Å². The summed E-state index contributed by atoms with van der Waals surface area (Å²) < 4.78 is 5.79. The summed E-state index contributed by atoms with van der Waals surface area (Å²) in [5.74, 6) is -2.02. The SMILES string of the molecule is CCC1(c2ccccc2)NC(=O)N(NC(=O)Cn2c(-c3ccccc3C)noc2=O)C1=O. The highest BCUT2D eigenvalue weighted by atomic mass is 16.5. The van der Waals surface area contributed by atoms with Gasteiger partial charge in [-0.05, 0) is 24.5 Å². The Hall–Kier alpha value is -4.21. The summed E-state index contributed by atoms with van der Waals surface area (Å²) in [6, 6.07) is 15.2. The summed E-state index contributed by atoms with van der Waals surface area (Å²) in [6.07, 6.45) is 0.288. The fraction of sp³-hybridized carbons (Fsp3) is 0.227. The van der Waals surface area contributed by atoms with Crippen LogP contribution in [0.25, 0.3) is 11.4 Å². The van der Waals surface area contributed by atoms with E-state index < -0.39 is 35.7 Å². The fourth-order valence-corrected chi connectivity index (χ4v) is 3.77. The number of carbonyl (C=O) groups excluding carboxylic acids is 3. The molecule has 0 aliphatic carbocycles. The minimum absolute atomic E-state index is 0.174. The van der Waals surface area contributed by atoms with Crippen molar-refractivity contribution in [2.45, 2.75) is 32.4 Å². The van der Waals surface area contributed by atoms with Crippen molar-refractivity contribution in [3.8, 4) is 11.4 Å². The van der Waals surface area contributed by atoms with Gasteiger partial charge >= 0.3 is 11.8 Å². The van der Waals surface area contributed by atoms with E-state index in [1.165, 1.54) is 0 Å². The second-order valence-electron chi connectivity index (χ2n) is 7.40. The molecular weight excluding hydrogens is 414 g/mol. The molecule has 32 heavy (non-hydrogen) atoms. The van der Waals surface area contributed by atoms with Crippen molar-refractivity contribution in [1.82, 2.24) is 25.5 Å². The van der Waals surface area contributed by atoms with Gasteiger partial charge in [-0.1, -0.05) is 66.7 Å². The van der Waals surface area contributed by atoms with E-state index in [4.69, 9.17) is 4.52 Å². The van der Waals surface area contributed by atoms with E-state index in [1.807, 2.05) is 19.1 Å². The lowest BCUT2D eigenvalue weighted by Crippen LogP contribution is -2.49. The van der Waals surface area contributed by atoms with Gasteiger partial charge in [0.15, 0.2) is 5.82 Å². The maximum atomic E-state index is 13.1. The molecular formula is C22H21N5O5. The number of benzene rings is 2. The third kappa shape index (κ3) is 3.45. The molecule has 1 atom stereocenters. The molecule has 0 bridgehead atoms. The molecule has 1 saturated heterocycles. The Morgan fingerprint density at radius 2 is 1.78 bits per heavy atom. The number of imide groups is 1. The molecule has 164 valence electrons. The Morgan fingerprint density at radius 3 is 2.47 bits per heavy atom. The topological polar surface area (TPSA) is 127 Å². The number of hydrazine groups is 1. The number of hydrogen-bond donors (Lipinski definition) is 2. The van der Waals surface area contributed by atoms with Crippen LogP contribution in [0.2, 0.25) is 0 Å². The van der Waals surface area contributed by atoms with Crippen molar-refractivity contribution in [1.29, 1.82) is 0 Å². The highest BCUT2D eigenvalue weighted by molar-refractivity contribution is 6.08. The number of hydrogen-bond acceptors (Lipinski definition) is 6. The number of aromatic nitrogens is 2. The van der Waals surface area contributed by atoms with E-state index in [-0.39, 0.29) is 12.2 Å². The van der Waals surface area contributed by atoms with Crippen molar-refractivity contribution in [3.05, 3.63) is 76.3 Å². The van der Waals surface area contributed by atoms with Crippen LogP contribution in [0.5, 0.6) is 0 Å². The maximum Gasteiger partial charge on any atom is 0.442 e. The number of carbonyl (C=O) groups is 3. The first-order chi connectivity index (χ1) is 15.4. The Labute approximate surface area is 182 Å². The van der Waals surface area contributed by atoms with Gasteiger partial charge in [-0.15, -0.1) is 0 Å². The van der Waals surface area contributed by atoms with Crippen LogP contribution in [-0.4, -0.2) is 32.6 Å². The number of urea groups is 1. The van der Waals surface area contributed by atoms with Gasteiger partial charge in [0.1, 0.15) is 12.1 Å². The lowest BCUT2D eigenvalue weighted by Gasteiger charge is -2.25. The molecule has 4 amide bonds. The van der Waals surface area contributed by atoms with Crippen molar-refractivity contribution in [2.75, 3.05) is 0 Å². The molecule has 2 aromatic carbocycles. The van der Waals surface area contributed by atoms with Gasteiger partial charge < -0.3 is 5.32 Å². The number of rotatable bonds is 6. The van der Waals surface area contributed by atoms with E-state index in [0.717, 1.165) is 10.1 Å². The van der Waals surface area contributed by atoms with Gasteiger partial charge in [0.25, 0.3) is 11.8 Å². The van der Waals surface area contributed by atoms with E-state index in [0.29, 0.717) is 16.1 Å². The predicted octanol–water partition coefficient (Wildman–Crippen LogP) is 1.70. The first-order valence-corrected chi connectivity index (χ1v) is 10.0. The van der Waals surface area contributed by atoms with Crippen molar-refractivity contribution < 1.29 is 18.9 Å². The molecule has 0 spiro atoms. The maximum absolute atomic E-state index is 13.1. The van der Waals surface area contributed by atoms with Crippen molar-refractivity contribution in [2.24, 2.45) is 0 Å². The fourth-order valence-electron chi connectivity index (χ4n) is 3.77. The molecule has 2 N–H and O–H groups in total. The highest BCUT2D eigenvalue weighted by Crippen LogP contribution is 2.31. The van der Waals surface area contributed by atoms with Crippen LogP contribution in [0.1, 0.15) is 24.5 Å². The quantitative estimate of drug-likeness (QED) is 0.568. The Bertz CT molecular complexity index is 1250. The smallest absolute Gasteiger partial charge is 0.318 e. The lowest BCUT2D eigenvalue weighted by atomic mass is 9.87. The predicted molar refractivity (Wildman–Crippen MR) is 113 cm³/mol. The Balaban J connectivity index is 1.57. The number of aryl methyl sites for hydroxylation is 1. The van der Waals surface area contributed by atoms with Gasteiger partial charge in [0, 0.05) is 5.56 Å². The summed E-state index contributed by atoms with van der Waals surface area (Å²) in [7, 11) is 0. The summed E-state index contributed by atoms with van der Waals surface area (Å²) in [5.41, 5.74) is 3.07. The van der Waals surface area contributed by atoms with E-state index in [1.54, 1.807) is 49.4 Å². The third-order valence-corrected chi connectivity index (χ3v) is 5.50. The number of amides is 4. The first kappa shape index (κ1) is 21.0. The summed E-state index contributed by atoms with van der Waals surface area (Å²) in [4.78, 5) is 50.5. The van der Waals surface area contributed by atoms with Gasteiger partial charge in [0.2, 0.25) is 0 Å². The molecule has 0 saturated carbocycles. The standard InChI is InChI=1S/C22H21N5O5/c1-3-22(15-10-5-4-6-11-15)19(29)27(20(30)23-22)24-17(28)13-26-18(25-32-21(26)31)16-12-8-7-9-14(16)2/h4-12H,3,13H2,1-2H3,(H,23,30)(H,24,28).